The molecular weight excluding hydrogens is 464 g/mol. The molecule has 0 bridgehead atoms. The highest BCUT2D eigenvalue weighted by atomic mass is 32.3. The Hall–Kier alpha value is -1.41. The van der Waals surface area contributed by atoms with E-state index in [9.17, 15) is 18.6 Å². The molecule has 0 aliphatic heterocycles. The quantitative estimate of drug-likeness (QED) is 0.336. The Morgan fingerprint density at radius 3 is 2.66 bits per heavy atom. The summed E-state index contributed by atoms with van der Waals surface area (Å²) >= 11 is 0. The molecule has 0 saturated heterocycles. The Kier molecular flexibility index (Phi) is 7.21. The van der Waals surface area contributed by atoms with Crippen molar-refractivity contribution >= 4 is 10.4 Å². The van der Waals surface area contributed by atoms with Gasteiger partial charge in [-0.3, -0.25) is 4.55 Å². The third-order valence-electron chi connectivity index (χ3n) is 9.63. The standard InChI is InChI=1S/C28H42O6S/c1-6-18(17(2)3)11-14-28(5,30)26-25(29)16-24-23-9-7-19-15-20(34-35(31,32)33)8-10-21(19)22(23)12-13-27(24,26)4/h6,8,10,15,17,22-26,29-30H,7,9,11-14,16H2,1-5H3,(H,31,32,33)/b18-6+/t22-,23-,24+,25+,26+,27+,28+/m1/s1. The summed E-state index contributed by atoms with van der Waals surface area (Å²) in [6.07, 6.45) is 7.56. The Balaban J connectivity index is 1.56. The number of aliphatic hydroxyl groups is 2. The van der Waals surface area contributed by atoms with Crippen molar-refractivity contribution in [2.24, 2.45) is 29.1 Å². The van der Waals surface area contributed by atoms with Crippen molar-refractivity contribution in [2.75, 3.05) is 0 Å². The molecule has 0 radical (unpaired) electrons. The van der Waals surface area contributed by atoms with E-state index >= 15 is 0 Å². The van der Waals surface area contributed by atoms with E-state index in [0.29, 0.717) is 30.1 Å². The lowest BCUT2D eigenvalue weighted by Gasteiger charge is -2.53. The monoisotopic (exact) mass is 506 g/mol. The van der Waals surface area contributed by atoms with Gasteiger partial charge in [0.25, 0.3) is 0 Å². The predicted molar refractivity (Wildman–Crippen MR) is 137 cm³/mol. The first-order valence-corrected chi connectivity index (χ1v) is 14.5. The summed E-state index contributed by atoms with van der Waals surface area (Å²) in [7, 11) is -4.55. The minimum absolute atomic E-state index is 0.121. The molecule has 7 heteroatoms. The Labute approximate surface area is 210 Å². The van der Waals surface area contributed by atoms with Crippen LogP contribution in [0, 0.1) is 29.1 Å². The van der Waals surface area contributed by atoms with Gasteiger partial charge in [0.2, 0.25) is 0 Å². The van der Waals surface area contributed by atoms with Gasteiger partial charge in [-0.2, -0.15) is 8.42 Å². The number of hydrogen-bond donors (Lipinski definition) is 3. The molecule has 1 aromatic carbocycles. The van der Waals surface area contributed by atoms with E-state index in [1.807, 2.05) is 13.0 Å². The molecule has 3 N–H and O–H groups in total. The van der Waals surface area contributed by atoms with E-state index in [-0.39, 0.29) is 17.1 Å². The molecule has 0 unspecified atom stereocenters. The topological polar surface area (TPSA) is 104 Å². The minimum atomic E-state index is -4.55. The second-order valence-electron chi connectivity index (χ2n) is 12.0. The summed E-state index contributed by atoms with van der Waals surface area (Å²) in [6.45, 7) is 10.7. The van der Waals surface area contributed by atoms with E-state index in [4.69, 9.17) is 4.55 Å². The first-order valence-electron chi connectivity index (χ1n) is 13.1. The van der Waals surface area contributed by atoms with Gasteiger partial charge in [0.15, 0.2) is 0 Å². The number of aliphatic hydroxyl groups excluding tert-OH is 1. The fourth-order valence-corrected chi connectivity index (χ4v) is 8.54. The minimum Gasteiger partial charge on any atom is -0.393 e. The lowest BCUT2D eigenvalue weighted by atomic mass is 9.52. The molecule has 35 heavy (non-hydrogen) atoms. The zero-order chi connectivity index (χ0) is 25.8. The van der Waals surface area contributed by atoms with E-state index in [0.717, 1.165) is 44.1 Å². The van der Waals surface area contributed by atoms with Gasteiger partial charge in [-0.15, -0.1) is 0 Å². The molecular formula is C28H42O6S. The molecule has 4 rings (SSSR count). The molecule has 196 valence electrons. The molecule has 1 aromatic rings. The Bertz CT molecular complexity index is 1070. The number of aryl methyl sites for hydroxylation is 1. The van der Waals surface area contributed by atoms with Crippen LogP contribution in [0.5, 0.6) is 5.75 Å². The van der Waals surface area contributed by atoms with E-state index in [1.54, 1.807) is 12.1 Å². The van der Waals surface area contributed by atoms with Crippen LogP contribution in [0.25, 0.3) is 0 Å². The van der Waals surface area contributed by atoms with Crippen molar-refractivity contribution < 1.29 is 27.4 Å². The van der Waals surface area contributed by atoms with E-state index < -0.39 is 22.1 Å². The molecule has 0 amide bonds. The number of hydrogen-bond acceptors (Lipinski definition) is 5. The summed E-state index contributed by atoms with van der Waals surface area (Å²) in [5.74, 6) is 1.54. The smallest absolute Gasteiger partial charge is 0.393 e. The molecule has 0 spiro atoms. The van der Waals surface area contributed by atoms with Gasteiger partial charge in [0.1, 0.15) is 5.75 Å². The number of rotatable bonds is 7. The van der Waals surface area contributed by atoms with Gasteiger partial charge in [-0.25, -0.2) is 0 Å². The first-order chi connectivity index (χ1) is 16.3. The third kappa shape index (κ3) is 5.07. The molecule has 3 aliphatic rings. The fraction of sp³-hybridized carbons (Fsp3) is 0.714. The average molecular weight is 507 g/mol. The Morgan fingerprint density at radius 2 is 2.03 bits per heavy atom. The van der Waals surface area contributed by atoms with Crippen LogP contribution >= 0.6 is 0 Å². The van der Waals surface area contributed by atoms with Gasteiger partial charge in [-0.1, -0.05) is 38.5 Å². The van der Waals surface area contributed by atoms with Gasteiger partial charge in [0, 0.05) is 5.92 Å². The van der Waals surface area contributed by atoms with Gasteiger partial charge < -0.3 is 14.4 Å². The average Bonchev–Trinajstić information content (AvgIpc) is 3.03. The van der Waals surface area contributed by atoms with Gasteiger partial charge >= 0.3 is 10.4 Å². The highest BCUT2D eigenvalue weighted by Gasteiger charge is 2.62. The maximum absolute atomic E-state index is 11.7. The normalized spacial score (nSPS) is 34.7. The molecule has 0 aromatic heterocycles. The van der Waals surface area contributed by atoms with E-state index in [1.165, 1.54) is 11.1 Å². The predicted octanol–water partition coefficient (Wildman–Crippen LogP) is 5.44. The molecule has 2 saturated carbocycles. The van der Waals surface area contributed by atoms with Gasteiger partial charge in [0.05, 0.1) is 11.7 Å². The highest BCUT2D eigenvalue weighted by molar-refractivity contribution is 7.81. The maximum Gasteiger partial charge on any atom is 0.446 e. The lowest BCUT2D eigenvalue weighted by Crippen LogP contribution is -2.50. The zero-order valence-corrected chi connectivity index (χ0v) is 22.5. The van der Waals surface area contributed by atoms with Crippen molar-refractivity contribution in [1.29, 1.82) is 0 Å². The summed E-state index contributed by atoms with van der Waals surface area (Å²) in [5.41, 5.74) is 2.59. The van der Waals surface area contributed by atoms with Crippen LogP contribution in [-0.4, -0.2) is 34.9 Å². The number of benzene rings is 1. The van der Waals surface area contributed by atoms with Crippen LogP contribution in [0.1, 0.15) is 90.2 Å². The lowest BCUT2D eigenvalue weighted by molar-refractivity contribution is -0.110. The summed E-state index contributed by atoms with van der Waals surface area (Å²) in [5, 5.41) is 23.0. The second-order valence-corrected chi connectivity index (χ2v) is 13.0. The van der Waals surface area contributed by atoms with Crippen LogP contribution in [0.15, 0.2) is 29.8 Å². The van der Waals surface area contributed by atoms with Crippen molar-refractivity contribution in [1.82, 2.24) is 0 Å². The molecule has 7 atom stereocenters. The molecule has 6 nitrogen and oxygen atoms in total. The maximum atomic E-state index is 11.7. The number of fused-ring (bicyclic) bond motifs is 5. The van der Waals surface area contributed by atoms with Crippen LogP contribution in [0.3, 0.4) is 0 Å². The summed E-state index contributed by atoms with van der Waals surface area (Å²) < 4.78 is 35.9. The van der Waals surface area contributed by atoms with Crippen LogP contribution in [0.4, 0.5) is 0 Å². The largest absolute Gasteiger partial charge is 0.446 e. The molecule has 2 fully saturated rings. The van der Waals surface area contributed by atoms with Crippen molar-refractivity contribution in [3.63, 3.8) is 0 Å². The second kappa shape index (κ2) is 9.47. The van der Waals surface area contributed by atoms with Crippen LogP contribution in [-0.2, 0) is 16.8 Å². The highest BCUT2D eigenvalue weighted by Crippen LogP contribution is 2.65. The first kappa shape index (κ1) is 26.6. The fourth-order valence-electron chi connectivity index (χ4n) is 8.19. The van der Waals surface area contributed by atoms with Crippen molar-refractivity contribution in [3.05, 3.63) is 41.0 Å². The number of allylic oxidation sites excluding steroid dienone is 2. The SMILES string of the molecule is C/C=C(\CC[C@](C)(O)[C@H]1[C@@H](O)C[C@H]2[C@@H]3CCc4cc(OS(=O)(=O)O)ccc4[C@H]3CC[C@@]21C)C(C)C. The Morgan fingerprint density at radius 1 is 1.31 bits per heavy atom. The van der Waals surface area contributed by atoms with Crippen molar-refractivity contribution in [3.8, 4) is 5.75 Å². The van der Waals surface area contributed by atoms with E-state index in [2.05, 4.69) is 38.0 Å². The van der Waals surface area contributed by atoms with Crippen LogP contribution in [0.2, 0.25) is 0 Å². The summed E-state index contributed by atoms with van der Waals surface area (Å²) in [4.78, 5) is 0. The van der Waals surface area contributed by atoms with Crippen LogP contribution < -0.4 is 4.18 Å². The summed E-state index contributed by atoms with van der Waals surface area (Å²) in [6, 6.07) is 5.30. The third-order valence-corrected chi connectivity index (χ3v) is 10.0. The molecule has 0 heterocycles. The zero-order valence-electron chi connectivity index (χ0n) is 21.7. The van der Waals surface area contributed by atoms with Crippen molar-refractivity contribution in [2.45, 2.75) is 97.2 Å². The molecule has 3 aliphatic carbocycles. The van der Waals surface area contributed by atoms with Gasteiger partial charge in [-0.05, 0) is 111 Å².